The van der Waals surface area contributed by atoms with Crippen LogP contribution in [0.5, 0.6) is 5.75 Å². The molecule has 1 aromatic carbocycles. The molecule has 106 valence electrons. The molecular formula is C17H26O2. The van der Waals surface area contributed by atoms with E-state index in [1.54, 1.807) is 7.11 Å². The van der Waals surface area contributed by atoms with Gasteiger partial charge in [0.25, 0.3) is 0 Å². The molecule has 1 aromatic rings. The van der Waals surface area contributed by atoms with Gasteiger partial charge in [-0.15, -0.1) is 0 Å². The van der Waals surface area contributed by atoms with Crippen molar-refractivity contribution in [1.82, 2.24) is 0 Å². The molecule has 1 saturated carbocycles. The molecule has 2 rings (SSSR count). The first-order valence-corrected chi connectivity index (χ1v) is 7.43. The van der Waals surface area contributed by atoms with Gasteiger partial charge < -0.3 is 9.84 Å². The van der Waals surface area contributed by atoms with Crippen molar-refractivity contribution in [3.8, 4) is 5.75 Å². The van der Waals surface area contributed by atoms with Crippen LogP contribution < -0.4 is 4.74 Å². The normalized spacial score (nSPS) is 20.3. The molecule has 1 aliphatic rings. The molecule has 19 heavy (non-hydrogen) atoms. The van der Waals surface area contributed by atoms with Crippen molar-refractivity contribution < 1.29 is 9.84 Å². The van der Waals surface area contributed by atoms with Gasteiger partial charge in [0.1, 0.15) is 5.75 Å². The summed E-state index contributed by atoms with van der Waals surface area (Å²) in [6.07, 6.45) is 5.42. The molecule has 1 N–H and O–H groups in total. The van der Waals surface area contributed by atoms with Crippen LogP contribution in [0.2, 0.25) is 0 Å². The first-order chi connectivity index (χ1) is 9.07. The smallest absolute Gasteiger partial charge is 0.118 e. The van der Waals surface area contributed by atoms with E-state index < -0.39 is 5.60 Å². The molecular weight excluding hydrogens is 236 g/mol. The Morgan fingerprint density at radius 2 is 1.63 bits per heavy atom. The Hall–Kier alpha value is -1.02. The summed E-state index contributed by atoms with van der Waals surface area (Å²) >= 11 is 0. The van der Waals surface area contributed by atoms with Crippen molar-refractivity contribution in [3.05, 3.63) is 29.8 Å². The van der Waals surface area contributed by atoms with Crippen LogP contribution in [0.3, 0.4) is 0 Å². The lowest BCUT2D eigenvalue weighted by atomic mass is 9.68. The number of aliphatic hydroxyl groups is 1. The zero-order valence-corrected chi connectivity index (χ0v) is 12.4. The SMILES string of the molecule is COc1ccc(C(C(C)C)C2(O)CCCCC2)cc1. The second kappa shape index (κ2) is 5.96. The van der Waals surface area contributed by atoms with Crippen molar-refractivity contribution in [2.45, 2.75) is 57.5 Å². The Kier molecular flexibility index (Phi) is 4.51. The van der Waals surface area contributed by atoms with Crippen LogP contribution in [-0.2, 0) is 0 Å². The lowest BCUT2D eigenvalue weighted by Gasteiger charge is -2.41. The first-order valence-electron chi connectivity index (χ1n) is 7.43. The Balaban J connectivity index is 2.28. The summed E-state index contributed by atoms with van der Waals surface area (Å²) in [5, 5.41) is 11.1. The average molecular weight is 262 g/mol. The molecule has 0 spiro atoms. The topological polar surface area (TPSA) is 29.5 Å². The van der Waals surface area contributed by atoms with Crippen molar-refractivity contribution in [2.24, 2.45) is 5.92 Å². The van der Waals surface area contributed by atoms with Crippen molar-refractivity contribution in [3.63, 3.8) is 0 Å². The minimum Gasteiger partial charge on any atom is -0.497 e. The Labute approximate surface area is 116 Å². The van der Waals surface area contributed by atoms with Gasteiger partial charge in [-0.2, -0.15) is 0 Å². The van der Waals surface area contributed by atoms with Crippen LogP contribution in [0, 0.1) is 5.92 Å². The molecule has 0 radical (unpaired) electrons. The third kappa shape index (κ3) is 3.11. The van der Waals surface area contributed by atoms with Gasteiger partial charge in [-0.1, -0.05) is 45.2 Å². The number of rotatable bonds is 4. The molecule has 2 nitrogen and oxygen atoms in total. The van der Waals surface area contributed by atoms with Crippen LogP contribution in [0.4, 0.5) is 0 Å². The molecule has 2 heteroatoms. The Morgan fingerprint density at radius 3 is 2.11 bits per heavy atom. The number of ether oxygens (including phenoxy) is 1. The van der Waals surface area contributed by atoms with Crippen LogP contribution in [-0.4, -0.2) is 17.8 Å². The first kappa shape index (κ1) is 14.4. The molecule has 0 saturated heterocycles. The predicted octanol–water partition coefficient (Wildman–Crippen LogP) is 4.13. The lowest BCUT2D eigenvalue weighted by molar-refractivity contribution is -0.0345. The molecule has 0 aliphatic heterocycles. The van der Waals surface area contributed by atoms with Crippen molar-refractivity contribution >= 4 is 0 Å². The lowest BCUT2D eigenvalue weighted by Crippen LogP contribution is -2.40. The number of methoxy groups -OCH3 is 1. The van der Waals surface area contributed by atoms with Crippen LogP contribution in [0.1, 0.15) is 57.4 Å². The fourth-order valence-corrected chi connectivity index (χ4v) is 3.60. The number of hydrogen-bond donors (Lipinski definition) is 1. The fraction of sp³-hybridized carbons (Fsp3) is 0.647. The second-order valence-corrected chi connectivity index (χ2v) is 6.16. The zero-order valence-electron chi connectivity index (χ0n) is 12.4. The second-order valence-electron chi connectivity index (χ2n) is 6.16. The van der Waals surface area contributed by atoms with E-state index in [0.29, 0.717) is 5.92 Å². The van der Waals surface area contributed by atoms with Gasteiger partial charge in [0, 0.05) is 5.92 Å². The summed E-state index contributed by atoms with van der Waals surface area (Å²) in [6, 6.07) is 8.21. The van der Waals surface area contributed by atoms with E-state index in [1.807, 2.05) is 12.1 Å². The standard InChI is InChI=1S/C17H26O2/c1-13(2)16(17(18)11-5-4-6-12-17)14-7-9-15(19-3)10-8-14/h7-10,13,16,18H,4-6,11-12H2,1-3H3. The Morgan fingerprint density at radius 1 is 1.05 bits per heavy atom. The summed E-state index contributed by atoms with van der Waals surface area (Å²) in [7, 11) is 1.68. The quantitative estimate of drug-likeness (QED) is 0.884. The van der Waals surface area contributed by atoms with Gasteiger partial charge in [0.15, 0.2) is 0 Å². The molecule has 1 fully saturated rings. The third-order valence-electron chi connectivity index (χ3n) is 4.44. The minimum absolute atomic E-state index is 0.221. The summed E-state index contributed by atoms with van der Waals surface area (Å²) in [5.41, 5.74) is 0.710. The van der Waals surface area contributed by atoms with Crippen LogP contribution in [0.15, 0.2) is 24.3 Å². The predicted molar refractivity (Wildman–Crippen MR) is 78.6 cm³/mol. The van der Waals surface area contributed by atoms with Gasteiger partial charge >= 0.3 is 0 Å². The highest BCUT2D eigenvalue weighted by molar-refractivity contribution is 5.31. The molecule has 0 aromatic heterocycles. The minimum atomic E-state index is -0.527. The van der Waals surface area contributed by atoms with Gasteiger partial charge in [0.2, 0.25) is 0 Å². The summed E-state index contributed by atoms with van der Waals surface area (Å²) in [6.45, 7) is 4.42. The molecule has 1 unspecified atom stereocenters. The molecule has 1 atom stereocenters. The van der Waals surface area contributed by atoms with E-state index in [0.717, 1.165) is 31.4 Å². The average Bonchev–Trinajstić information content (AvgIpc) is 2.40. The van der Waals surface area contributed by atoms with E-state index >= 15 is 0 Å². The van der Waals surface area contributed by atoms with E-state index in [4.69, 9.17) is 4.74 Å². The number of hydrogen-bond acceptors (Lipinski definition) is 2. The molecule has 0 bridgehead atoms. The van der Waals surface area contributed by atoms with Crippen LogP contribution in [0.25, 0.3) is 0 Å². The molecule has 1 aliphatic carbocycles. The molecule has 0 heterocycles. The monoisotopic (exact) mass is 262 g/mol. The van der Waals surface area contributed by atoms with E-state index in [2.05, 4.69) is 26.0 Å². The van der Waals surface area contributed by atoms with Gasteiger partial charge in [-0.05, 0) is 36.5 Å². The van der Waals surface area contributed by atoms with Crippen molar-refractivity contribution in [1.29, 1.82) is 0 Å². The summed E-state index contributed by atoms with van der Waals surface area (Å²) < 4.78 is 5.22. The highest BCUT2D eigenvalue weighted by Crippen LogP contribution is 2.44. The number of benzene rings is 1. The van der Waals surface area contributed by atoms with Gasteiger partial charge in [0.05, 0.1) is 12.7 Å². The van der Waals surface area contributed by atoms with E-state index in [1.165, 1.54) is 12.0 Å². The van der Waals surface area contributed by atoms with E-state index in [9.17, 15) is 5.11 Å². The zero-order chi connectivity index (χ0) is 13.9. The van der Waals surface area contributed by atoms with Crippen molar-refractivity contribution in [2.75, 3.05) is 7.11 Å². The van der Waals surface area contributed by atoms with Gasteiger partial charge in [-0.25, -0.2) is 0 Å². The maximum Gasteiger partial charge on any atom is 0.118 e. The maximum absolute atomic E-state index is 11.1. The summed E-state index contributed by atoms with van der Waals surface area (Å²) in [5.74, 6) is 1.54. The maximum atomic E-state index is 11.1. The Bertz CT molecular complexity index is 388. The summed E-state index contributed by atoms with van der Waals surface area (Å²) in [4.78, 5) is 0. The van der Waals surface area contributed by atoms with E-state index in [-0.39, 0.29) is 5.92 Å². The largest absolute Gasteiger partial charge is 0.497 e. The van der Waals surface area contributed by atoms with Gasteiger partial charge in [-0.3, -0.25) is 0 Å². The van der Waals surface area contributed by atoms with Crippen LogP contribution >= 0.6 is 0 Å². The highest BCUT2D eigenvalue weighted by atomic mass is 16.5. The highest BCUT2D eigenvalue weighted by Gasteiger charge is 2.40. The fourth-order valence-electron chi connectivity index (χ4n) is 3.60. The third-order valence-corrected chi connectivity index (χ3v) is 4.44. The molecule has 0 amide bonds.